The van der Waals surface area contributed by atoms with Crippen LogP contribution in [0, 0.1) is 11.8 Å². The minimum Gasteiger partial charge on any atom is -0.356 e. The van der Waals surface area contributed by atoms with Gasteiger partial charge < -0.3 is 5.32 Å². The first-order valence-electron chi connectivity index (χ1n) is 8.13. The van der Waals surface area contributed by atoms with Crippen molar-refractivity contribution < 1.29 is 4.79 Å². The highest BCUT2D eigenvalue weighted by molar-refractivity contribution is 7.17. The van der Waals surface area contributed by atoms with Gasteiger partial charge in [-0.15, -0.1) is 11.3 Å². The van der Waals surface area contributed by atoms with Crippen LogP contribution in [0.3, 0.4) is 0 Å². The molecule has 1 saturated carbocycles. The molecule has 1 aromatic heterocycles. The summed E-state index contributed by atoms with van der Waals surface area (Å²) in [4.78, 5) is 14.1. The van der Waals surface area contributed by atoms with Gasteiger partial charge >= 0.3 is 0 Å². The smallest absolute Gasteiger partial charge is 0.220 e. The van der Waals surface area contributed by atoms with Crippen LogP contribution in [0.5, 0.6) is 0 Å². The van der Waals surface area contributed by atoms with Crippen molar-refractivity contribution in [2.24, 2.45) is 11.8 Å². The minimum absolute atomic E-state index is 0.244. The molecule has 1 aromatic carbocycles. The van der Waals surface area contributed by atoms with Crippen LogP contribution in [0.15, 0.2) is 29.6 Å². The molecule has 1 saturated heterocycles. The molecule has 22 heavy (non-hydrogen) atoms. The van der Waals surface area contributed by atoms with Crippen molar-refractivity contribution in [2.45, 2.75) is 31.8 Å². The fraction of sp³-hybridized carbons (Fsp3) is 0.500. The van der Waals surface area contributed by atoms with Crippen molar-refractivity contribution in [1.82, 2.24) is 10.2 Å². The first kappa shape index (κ1) is 14.2. The number of nitrogens with one attached hydrogen (secondary N) is 1. The topological polar surface area (TPSA) is 32.3 Å². The van der Waals surface area contributed by atoms with Gasteiger partial charge in [-0.3, -0.25) is 9.69 Å². The highest BCUT2D eigenvalue weighted by Gasteiger charge is 2.39. The van der Waals surface area contributed by atoms with Crippen molar-refractivity contribution in [1.29, 1.82) is 0 Å². The molecule has 116 valence electrons. The van der Waals surface area contributed by atoms with Crippen LogP contribution in [0.2, 0.25) is 0 Å². The molecule has 1 aliphatic carbocycles. The van der Waals surface area contributed by atoms with Crippen LogP contribution in [-0.4, -0.2) is 30.4 Å². The van der Waals surface area contributed by atoms with E-state index in [1.807, 2.05) is 11.3 Å². The zero-order chi connectivity index (χ0) is 15.1. The molecule has 0 unspecified atom stereocenters. The van der Waals surface area contributed by atoms with Crippen LogP contribution in [0.1, 0.15) is 24.8 Å². The van der Waals surface area contributed by atoms with Crippen molar-refractivity contribution in [2.75, 3.05) is 13.6 Å². The standard InChI is InChI=1S/C18H22N2OS/c1-20(10-14-11-22-17-5-3-2-4-16(14)17)15-6-12-8-18(21)19-9-13(12)7-15/h2-5,11-13,15H,6-10H2,1H3,(H,19,21)/t12-,13+,15-/m1/s1. The molecule has 2 aliphatic rings. The molecular weight excluding hydrogens is 292 g/mol. The molecule has 4 heteroatoms. The summed E-state index contributed by atoms with van der Waals surface area (Å²) in [6.45, 7) is 1.89. The van der Waals surface area contributed by atoms with Crippen molar-refractivity contribution >= 4 is 27.3 Å². The van der Waals surface area contributed by atoms with Crippen LogP contribution in [0.4, 0.5) is 0 Å². The summed E-state index contributed by atoms with van der Waals surface area (Å²) < 4.78 is 1.38. The summed E-state index contributed by atoms with van der Waals surface area (Å²) in [7, 11) is 2.24. The van der Waals surface area contributed by atoms with Gasteiger partial charge in [0, 0.05) is 30.3 Å². The van der Waals surface area contributed by atoms with Crippen LogP contribution in [0.25, 0.3) is 10.1 Å². The summed E-state index contributed by atoms with van der Waals surface area (Å²) in [5.74, 6) is 1.53. The molecule has 0 bridgehead atoms. The predicted octanol–water partition coefficient (Wildman–Crippen LogP) is 3.25. The van der Waals surface area contributed by atoms with Crippen LogP contribution in [-0.2, 0) is 11.3 Å². The zero-order valence-electron chi connectivity index (χ0n) is 12.9. The number of fused-ring (bicyclic) bond motifs is 2. The number of carbonyl (C=O) groups excluding carboxylic acids is 1. The summed E-state index contributed by atoms with van der Waals surface area (Å²) in [5.41, 5.74) is 1.44. The first-order chi connectivity index (χ1) is 10.7. The van der Waals surface area contributed by atoms with Crippen LogP contribution >= 0.6 is 11.3 Å². The quantitative estimate of drug-likeness (QED) is 0.943. The Balaban J connectivity index is 1.46. The highest BCUT2D eigenvalue weighted by Crippen LogP contribution is 2.39. The van der Waals surface area contributed by atoms with Crippen molar-refractivity contribution in [3.8, 4) is 0 Å². The van der Waals surface area contributed by atoms with Gasteiger partial charge in [0.05, 0.1) is 0 Å². The van der Waals surface area contributed by atoms with Crippen LogP contribution < -0.4 is 5.32 Å². The number of amides is 1. The lowest BCUT2D eigenvalue weighted by atomic mass is 9.89. The van der Waals surface area contributed by atoms with Gasteiger partial charge in [0.2, 0.25) is 5.91 Å². The molecule has 2 fully saturated rings. The molecule has 3 atom stereocenters. The Bertz CT molecular complexity index is 695. The third-order valence-electron chi connectivity index (χ3n) is 5.43. The average Bonchev–Trinajstić information content (AvgIpc) is 3.11. The second-order valence-electron chi connectivity index (χ2n) is 6.83. The SMILES string of the molecule is CN(Cc1csc2ccccc12)[C@H]1C[C@H]2CNC(=O)C[C@H]2C1. The van der Waals surface area contributed by atoms with Crippen molar-refractivity contribution in [3.63, 3.8) is 0 Å². The molecule has 4 rings (SSSR count). The predicted molar refractivity (Wildman–Crippen MR) is 90.9 cm³/mol. The maximum absolute atomic E-state index is 11.6. The normalized spacial score (nSPS) is 28.1. The number of rotatable bonds is 3. The molecule has 1 aliphatic heterocycles. The lowest BCUT2D eigenvalue weighted by Gasteiger charge is -2.24. The summed E-state index contributed by atoms with van der Waals surface area (Å²) in [6, 6.07) is 9.27. The van der Waals surface area contributed by atoms with Gasteiger partial charge in [0.1, 0.15) is 0 Å². The molecule has 2 heterocycles. The van der Waals surface area contributed by atoms with Gasteiger partial charge in [-0.05, 0) is 54.1 Å². The van der Waals surface area contributed by atoms with E-state index in [9.17, 15) is 4.79 Å². The molecule has 0 radical (unpaired) electrons. The van der Waals surface area contributed by atoms with E-state index in [2.05, 4.69) is 46.9 Å². The Morgan fingerprint density at radius 2 is 2.09 bits per heavy atom. The number of nitrogens with zero attached hydrogens (tertiary/aromatic N) is 1. The first-order valence-corrected chi connectivity index (χ1v) is 9.00. The molecule has 1 amide bonds. The van der Waals surface area contributed by atoms with E-state index in [-0.39, 0.29) is 5.91 Å². The lowest BCUT2D eigenvalue weighted by molar-refractivity contribution is -0.124. The number of hydrogen-bond donors (Lipinski definition) is 1. The number of thiophene rings is 1. The zero-order valence-corrected chi connectivity index (χ0v) is 13.7. The van der Waals surface area contributed by atoms with E-state index in [1.165, 1.54) is 28.5 Å². The van der Waals surface area contributed by atoms with E-state index in [4.69, 9.17) is 0 Å². The third-order valence-corrected chi connectivity index (χ3v) is 6.44. The Morgan fingerprint density at radius 1 is 1.27 bits per heavy atom. The molecule has 1 N–H and O–H groups in total. The number of piperidine rings is 1. The Labute approximate surface area is 135 Å². The fourth-order valence-corrected chi connectivity index (χ4v) is 5.10. The molecule has 0 spiro atoms. The number of benzene rings is 1. The van der Waals surface area contributed by atoms with Gasteiger partial charge in [0.15, 0.2) is 0 Å². The largest absolute Gasteiger partial charge is 0.356 e. The molecule has 2 aromatic rings. The van der Waals surface area contributed by atoms with Crippen molar-refractivity contribution in [3.05, 3.63) is 35.2 Å². The van der Waals surface area contributed by atoms with E-state index in [0.29, 0.717) is 17.9 Å². The van der Waals surface area contributed by atoms with Gasteiger partial charge in [0.25, 0.3) is 0 Å². The second-order valence-corrected chi connectivity index (χ2v) is 7.74. The highest BCUT2D eigenvalue weighted by atomic mass is 32.1. The Kier molecular flexibility index (Phi) is 3.66. The van der Waals surface area contributed by atoms with Gasteiger partial charge in [-0.2, -0.15) is 0 Å². The summed E-state index contributed by atoms with van der Waals surface area (Å²) in [5, 5.41) is 6.72. The summed E-state index contributed by atoms with van der Waals surface area (Å²) in [6.07, 6.45) is 3.14. The lowest BCUT2D eigenvalue weighted by Crippen LogP contribution is -2.38. The third kappa shape index (κ3) is 2.55. The number of hydrogen-bond acceptors (Lipinski definition) is 3. The fourth-order valence-electron chi connectivity index (χ4n) is 4.15. The molecule has 3 nitrogen and oxygen atoms in total. The van der Waals surface area contributed by atoms with E-state index >= 15 is 0 Å². The van der Waals surface area contributed by atoms with Gasteiger partial charge in [-0.25, -0.2) is 0 Å². The van der Waals surface area contributed by atoms with Gasteiger partial charge in [-0.1, -0.05) is 18.2 Å². The maximum atomic E-state index is 11.6. The van der Waals surface area contributed by atoms with E-state index in [1.54, 1.807) is 0 Å². The minimum atomic E-state index is 0.244. The molecular formula is C18H22N2OS. The maximum Gasteiger partial charge on any atom is 0.220 e. The monoisotopic (exact) mass is 314 g/mol. The van der Waals surface area contributed by atoms with E-state index < -0.39 is 0 Å². The average molecular weight is 314 g/mol. The summed E-state index contributed by atoms with van der Waals surface area (Å²) >= 11 is 1.84. The number of carbonyl (C=O) groups is 1. The second kappa shape index (κ2) is 5.67. The van der Waals surface area contributed by atoms with E-state index in [0.717, 1.165) is 19.5 Å². The Hall–Kier alpha value is -1.39. The Morgan fingerprint density at radius 3 is 3.00 bits per heavy atom.